The van der Waals surface area contributed by atoms with Crippen LogP contribution in [0.5, 0.6) is 5.75 Å². The van der Waals surface area contributed by atoms with Gasteiger partial charge < -0.3 is 15.2 Å². The SMILES string of the molecule is CNC(C)(CCOc1ccc(F)cc1)C(=O)O. The van der Waals surface area contributed by atoms with Crippen LogP contribution in [-0.2, 0) is 4.79 Å². The van der Waals surface area contributed by atoms with E-state index in [1.807, 2.05) is 0 Å². The molecule has 4 nitrogen and oxygen atoms in total. The summed E-state index contributed by atoms with van der Waals surface area (Å²) in [5.41, 5.74) is -1.01. The van der Waals surface area contributed by atoms with Crippen molar-refractivity contribution in [3.05, 3.63) is 30.1 Å². The minimum absolute atomic E-state index is 0.245. The fraction of sp³-hybridized carbons (Fsp3) is 0.417. The number of ether oxygens (including phenoxy) is 1. The highest BCUT2D eigenvalue weighted by Crippen LogP contribution is 2.14. The summed E-state index contributed by atoms with van der Waals surface area (Å²) in [6, 6.07) is 5.60. The number of hydrogen-bond donors (Lipinski definition) is 2. The molecule has 0 aliphatic rings. The molecular weight excluding hydrogens is 225 g/mol. The predicted molar refractivity (Wildman–Crippen MR) is 61.6 cm³/mol. The highest BCUT2D eigenvalue weighted by Gasteiger charge is 2.30. The maximum absolute atomic E-state index is 12.6. The van der Waals surface area contributed by atoms with Crippen molar-refractivity contribution in [2.45, 2.75) is 18.9 Å². The van der Waals surface area contributed by atoms with Crippen molar-refractivity contribution >= 4 is 5.97 Å². The topological polar surface area (TPSA) is 58.6 Å². The Morgan fingerprint density at radius 2 is 2.06 bits per heavy atom. The third-order valence-corrected chi connectivity index (χ3v) is 2.71. The predicted octanol–water partition coefficient (Wildman–Crippen LogP) is 1.66. The van der Waals surface area contributed by atoms with Crippen LogP contribution < -0.4 is 10.1 Å². The number of aliphatic carboxylic acids is 1. The van der Waals surface area contributed by atoms with Crippen LogP contribution in [-0.4, -0.2) is 30.3 Å². The van der Waals surface area contributed by atoms with E-state index in [0.29, 0.717) is 12.2 Å². The summed E-state index contributed by atoms with van der Waals surface area (Å²) in [6.45, 7) is 1.83. The van der Waals surface area contributed by atoms with Gasteiger partial charge in [-0.15, -0.1) is 0 Å². The van der Waals surface area contributed by atoms with Crippen LogP contribution in [0.15, 0.2) is 24.3 Å². The zero-order chi connectivity index (χ0) is 12.9. The summed E-state index contributed by atoms with van der Waals surface area (Å²) in [4.78, 5) is 11.0. The highest BCUT2D eigenvalue weighted by atomic mass is 19.1. The van der Waals surface area contributed by atoms with Crippen molar-refractivity contribution in [3.63, 3.8) is 0 Å². The van der Waals surface area contributed by atoms with Gasteiger partial charge in [0, 0.05) is 6.42 Å². The lowest BCUT2D eigenvalue weighted by Gasteiger charge is -2.23. The van der Waals surface area contributed by atoms with E-state index in [1.165, 1.54) is 24.3 Å². The Morgan fingerprint density at radius 3 is 2.53 bits per heavy atom. The first kappa shape index (κ1) is 13.4. The fourth-order valence-corrected chi connectivity index (χ4v) is 1.24. The van der Waals surface area contributed by atoms with E-state index in [0.717, 1.165) is 0 Å². The maximum atomic E-state index is 12.6. The largest absolute Gasteiger partial charge is 0.494 e. The van der Waals surface area contributed by atoms with Gasteiger partial charge in [0.1, 0.15) is 17.1 Å². The molecule has 0 radical (unpaired) electrons. The van der Waals surface area contributed by atoms with Gasteiger partial charge in [-0.2, -0.15) is 0 Å². The van der Waals surface area contributed by atoms with E-state index < -0.39 is 11.5 Å². The summed E-state index contributed by atoms with van der Waals surface area (Å²) in [5.74, 6) is -0.735. The molecule has 2 N–H and O–H groups in total. The average molecular weight is 241 g/mol. The van der Waals surface area contributed by atoms with Gasteiger partial charge in [0.25, 0.3) is 0 Å². The number of carbonyl (C=O) groups is 1. The van der Waals surface area contributed by atoms with Gasteiger partial charge in [0.2, 0.25) is 0 Å². The second kappa shape index (κ2) is 5.63. The minimum atomic E-state index is -1.01. The molecule has 0 amide bonds. The zero-order valence-electron chi connectivity index (χ0n) is 9.87. The molecule has 17 heavy (non-hydrogen) atoms. The number of benzene rings is 1. The maximum Gasteiger partial charge on any atom is 0.323 e. The van der Waals surface area contributed by atoms with E-state index in [9.17, 15) is 9.18 Å². The van der Waals surface area contributed by atoms with Gasteiger partial charge in [-0.25, -0.2) is 4.39 Å². The quantitative estimate of drug-likeness (QED) is 0.795. The molecule has 94 valence electrons. The Labute approximate surface area is 99.4 Å². The third-order valence-electron chi connectivity index (χ3n) is 2.71. The number of carboxylic acids is 1. The van der Waals surface area contributed by atoms with Crippen LogP contribution in [0, 0.1) is 5.82 Å². The summed E-state index contributed by atoms with van der Waals surface area (Å²) in [5, 5.41) is 11.7. The molecular formula is C12H16FNO3. The van der Waals surface area contributed by atoms with Gasteiger partial charge in [0.05, 0.1) is 6.61 Å². The molecule has 1 atom stereocenters. The van der Waals surface area contributed by atoms with Crippen molar-refractivity contribution < 1.29 is 19.0 Å². The van der Waals surface area contributed by atoms with Gasteiger partial charge in [0.15, 0.2) is 0 Å². The molecule has 0 fully saturated rings. The molecule has 1 unspecified atom stereocenters. The monoisotopic (exact) mass is 241 g/mol. The van der Waals surface area contributed by atoms with Crippen LogP contribution in [0.25, 0.3) is 0 Å². The Hall–Kier alpha value is -1.62. The van der Waals surface area contributed by atoms with Crippen LogP contribution in [0.1, 0.15) is 13.3 Å². The number of carboxylic acid groups (broad SMARTS) is 1. The smallest absolute Gasteiger partial charge is 0.323 e. The van der Waals surface area contributed by atoms with Crippen LogP contribution in [0.4, 0.5) is 4.39 Å². The lowest BCUT2D eigenvalue weighted by Crippen LogP contribution is -2.48. The molecule has 1 aromatic carbocycles. The molecule has 0 aromatic heterocycles. The standard InChI is InChI=1S/C12H16FNO3/c1-12(14-2,11(15)16)7-8-17-10-5-3-9(13)4-6-10/h3-6,14H,7-8H2,1-2H3,(H,15,16). The Bertz CT molecular complexity index is 380. The van der Waals surface area contributed by atoms with Gasteiger partial charge in [-0.05, 0) is 38.2 Å². The Balaban J connectivity index is 2.47. The van der Waals surface area contributed by atoms with E-state index in [4.69, 9.17) is 9.84 Å². The number of rotatable bonds is 6. The molecule has 0 heterocycles. The average Bonchev–Trinajstić information content (AvgIpc) is 2.31. The molecule has 0 saturated carbocycles. The van der Waals surface area contributed by atoms with Crippen molar-refractivity contribution in [1.29, 1.82) is 0 Å². The van der Waals surface area contributed by atoms with Crippen LogP contribution in [0.2, 0.25) is 0 Å². The summed E-state index contributed by atoms with van der Waals surface area (Å²) in [7, 11) is 1.59. The Morgan fingerprint density at radius 1 is 1.47 bits per heavy atom. The number of halogens is 1. The van der Waals surface area contributed by atoms with Crippen molar-refractivity contribution in [2.75, 3.05) is 13.7 Å². The Kier molecular flexibility index (Phi) is 4.45. The van der Waals surface area contributed by atoms with Crippen molar-refractivity contribution in [2.24, 2.45) is 0 Å². The first-order valence-corrected chi connectivity index (χ1v) is 5.28. The molecule has 0 saturated heterocycles. The lowest BCUT2D eigenvalue weighted by molar-refractivity contribution is -0.144. The van der Waals surface area contributed by atoms with Crippen LogP contribution >= 0.6 is 0 Å². The highest BCUT2D eigenvalue weighted by molar-refractivity contribution is 5.78. The molecule has 0 bridgehead atoms. The molecule has 1 rings (SSSR count). The van der Waals surface area contributed by atoms with E-state index >= 15 is 0 Å². The lowest BCUT2D eigenvalue weighted by atomic mass is 9.99. The summed E-state index contributed by atoms with van der Waals surface area (Å²) < 4.78 is 18.0. The normalized spacial score (nSPS) is 14.1. The first-order valence-electron chi connectivity index (χ1n) is 5.28. The number of likely N-dealkylation sites (N-methyl/N-ethyl adjacent to an activating group) is 1. The summed E-state index contributed by atoms with van der Waals surface area (Å²) >= 11 is 0. The summed E-state index contributed by atoms with van der Waals surface area (Å²) in [6.07, 6.45) is 0.316. The first-order chi connectivity index (χ1) is 7.98. The number of hydrogen-bond acceptors (Lipinski definition) is 3. The minimum Gasteiger partial charge on any atom is -0.494 e. The van der Waals surface area contributed by atoms with E-state index in [2.05, 4.69) is 5.32 Å². The molecule has 0 aliphatic heterocycles. The van der Waals surface area contributed by atoms with E-state index in [-0.39, 0.29) is 12.4 Å². The van der Waals surface area contributed by atoms with Gasteiger partial charge in [-0.3, -0.25) is 4.79 Å². The van der Waals surface area contributed by atoms with Crippen molar-refractivity contribution in [1.82, 2.24) is 5.32 Å². The molecule has 0 aliphatic carbocycles. The molecule has 5 heteroatoms. The van der Waals surface area contributed by atoms with E-state index in [1.54, 1.807) is 14.0 Å². The number of nitrogens with one attached hydrogen (secondary N) is 1. The third kappa shape index (κ3) is 3.71. The molecule has 1 aromatic rings. The van der Waals surface area contributed by atoms with Crippen molar-refractivity contribution in [3.8, 4) is 5.75 Å². The second-order valence-electron chi connectivity index (χ2n) is 3.94. The van der Waals surface area contributed by atoms with Gasteiger partial charge >= 0.3 is 5.97 Å². The second-order valence-corrected chi connectivity index (χ2v) is 3.94. The van der Waals surface area contributed by atoms with Crippen LogP contribution in [0.3, 0.4) is 0 Å². The fourth-order valence-electron chi connectivity index (χ4n) is 1.24. The zero-order valence-corrected chi connectivity index (χ0v) is 9.87. The molecule has 0 spiro atoms. The van der Waals surface area contributed by atoms with Gasteiger partial charge in [-0.1, -0.05) is 0 Å².